The fourth-order valence-corrected chi connectivity index (χ4v) is 3.79. The summed E-state index contributed by atoms with van der Waals surface area (Å²) in [7, 11) is 0. The first-order chi connectivity index (χ1) is 14.1. The molecular formula is C23H20FN3O2. The van der Waals surface area contributed by atoms with Crippen LogP contribution in [0.25, 0.3) is 10.8 Å². The summed E-state index contributed by atoms with van der Waals surface area (Å²) in [6, 6.07) is 18.6. The summed E-state index contributed by atoms with van der Waals surface area (Å²) in [5, 5.41) is 21.7. The van der Waals surface area contributed by atoms with Crippen LogP contribution in [0.2, 0.25) is 0 Å². The monoisotopic (exact) mass is 389 g/mol. The number of phenols is 1. The van der Waals surface area contributed by atoms with Crippen molar-refractivity contribution in [2.75, 3.05) is 26.2 Å². The smallest absolute Gasteiger partial charge is 0.257 e. The van der Waals surface area contributed by atoms with Crippen LogP contribution in [-0.4, -0.2) is 47.0 Å². The van der Waals surface area contributed by atoms with Crippen molar-refractivity contribution < 1.29 is 14.3 Å². The van der Waals surface area contributed by atoms with Crippen molar-refractivity contribution in [2.24, 2.45) is 0 Å². The van der Waals surface area contributed by atoms with Gasteiger partial charge in [0.25, 0.3) is 5.91 Å². The highest BCUT2D eigenvalue weighted by Crippen LogP contribution is 2.30. The van der Waals surface area contributed by atoms with Gasteiger partial charge in [-0.3, -0.25) is 9.69 Å². The second kappa shape index (κ2) is 7.90. The number of aromatic hydroxyl groups is 1. The van der Waals surface area contributed by atoms with Gasteiger partial charge in [-0.2, -0.15) is 5.26 Å². The molecule has 1 aliphatic rings. The number of fused-ring (bicyclic) bond motifs is 1. The number of amides is 1. The van der Waals surface area contributed by atoms with Crippen LogP contribution in [0.3, 0.4) is 0 Å². The number of benzene rings is 3. The molecule has 3 aromatic rings. The van der Waals surface area contributed by atoms with E-state index in [2.05, 4.69) is 6.07 Å². The SMILES string of the molecule is N#CC(c1ccc(F)cc1)N1CCN(C(=O)c2ccc3ccccc3c2O)CC1. The molecule has 1 saturated heterocycles. The topological polar surface area (TPSA) is 67.6 Å². The molecule has 1 N–H and O–H groups in total. The average Bonchev–Trinajstić information content (AvgIpc) is 2.76. The molecule has 1 unspecified atom stereocenters. The van der Waals surface area contributed by atoms with Crippen LogP contribution in [0, 0.1) is 17.1 Å². The number of nitrogens with zero attached hydrogens (tertiary/aromatic N) is 3. The highest BCUT2D eigenvalue weighted by atomic mass is 19.1. The van der Waals surface area contributed by atoms with Crippen LogP contribution in [0.4, 0.5) is 4.39 Å². The number of hydrogen-bond donors (Lipinski definition) is 1. The maximum Gasteiger partial charge on any atom is 0.257 e. The van der Waals surface area contributed by atoms with Crippen LogP contribution in [-0.2, 0) is 0 Å². The van der Waals surface area contributed by atoms with E-state index in [0.29, 0.717) is 31.6 Å². The number of carbonyl (C=O) groups is 1. The Morgan fingerprint density at radius 2 is 1.69 bits per heavy atom. The fraction of sp³-hybridized carbons (Fsp3) is 0.217. The summed E-state index contributed by atoms with van der Waals surface area (Å²) in [6.07, 6.45) is 0. The Morgan fingerprint density at radius 1 is 1.00 bits per heavy atom. The fourth-order valence-electron chi connectivity index (χ4n) is 3.79. The standard InChI is InChI=1S/C23H20FN3O2/c24-18-8-5-17(6-9-18)21(15-25)26-11-13-27(14-12-26)23(29)20-10-7-16-3-1-2-4-19(16)22(20)28/h1-10,21,28H,11-14H2. The maximum atomic E-state index is 13.2. The quantitative estimate of drug-likeness (QED) is 0.742. The Morgan fingerprint density at radius 3 is 2.38 bits per heavy atom. The number of piperazine rings is 1. The van der Waals surface area contributed by atoms with Gasteiger partial charge in [0, 0.05) is 31.6 Å². The highest BCUT2D eigenvalue weighted by molar-refractivity contribution is 6.03. The van der Waals surface area contributed by atoms with E-state index in [4.69, 9.17) is 0 Å². The lowest BCUT2D eigenvalue weighted by atomic mass is 10.0. The third-order valence-corrected chi connectivity index (χ3v) is 5.41. The minimum absolute atomic E-state index is 0.00302. The van der Waals surface area contributed by atoms with E-state index >= 15 is 0 Å². The summed E-state index contributed by atoms with van der Waals surface area (Å²) in [5.74, 6) is -0.559. The number of carbonyl (C=O) groups excluding carboxylic acids is 1. The van der Waals surface area contributed by atoms with E-state index in [1.54, 1.807) is 29.2 Å². The van der Waals surface area contributed by atoms with Crippen LogP contribution >= 0.6 is 0 Å². The lowest BCUT2D eigenvalue weighted by molar-refractivity contribution is 0.0604. The van der Waals surface area contributed by atoms with Crippen LogP contribution in [0.5, 0.6) is 5.75 Å². The van der Waals surface area contributed by atoms with E-state index in [-0.39, 0.29) is 23.0 Å². The summed E-state index contributed by atoms with van der Waals surface area (Å²) >= 11 is 0. The molecule has 0 radical (unpaired) electrons. The van der Waals surface area contributed by atoms with Gasteiger partial charge in [0.1, 0.15) is 17.6 Å². The third-order valence-electron chi connectivity index (χ3n) is 5.41. The molecule has 5 nitrogen and oxygen atoms in total. The van der Waals surface area contributed by atoms with Crippen molar-refractivity contribution in [3.8, 4) is 11.8 Å². The number of rotatable bonds is 3. The lowest BCUT2D eigenvalue weighted by Crippen LogP contribution is -2.49. The molecule has 29 heavy (non-hydrogen) atoms. The van der Waals surface area contributed by atoms with E-state index in [0.717, 1.165) is 10.9 Å². The van der Waals surface area contributed by atoms with Gasteiger partial charge in [0.2, 0.25) is 0 Å². The molecule has 146 valence electrons. The first-order valence-electron chi connectivity index (χ1n) is 9.47. The van der Waals surface area contributed by atoms with Gasteiger partial charge >= 0.3 is 0 Å². The minimum Gasteiger partial charge on any atom is -0.506 e. The molecule has 1 amide bonds. The first-order valence-corrected chi connectivity index (χ1v) is 9.47. The minimum atomic E-state index is -0.484. The Labute approximate surface area is 168 Å². The predicted octanol–water partition coefficient (Wildman–Crippen LogP) is 3.71. The van der Waals surface area contributed by atoms with Crippen LogP contribution < -0.4 is 0 Å². The molecule has 0 aromatic heterocycles. The summed E-state index contributed by atoms with van der Waals surface area (Å²) in [5.41, 5.74) is 1.02. The van der Waals surface area contributed by atoms with Crippen molar-refractivity contribution in [1.29, 1.82) is 5.26 Å². The molecule has 0 aliphatic carbocycles. The van der Waals surface area contributed by atoms with Crippen LogP contribution in [0.1, 0.15) is 22.0 Å². The molecule has 1 fully saturated rings. The molecule has 0 saturated carbocycles. The van der Waals surface area contributed by atoms with Crippen molar-refractivity contribution in [1.82, 2.24) is 9.80 Å². The van der Waals surface area contributed by atoms with Crippen molar-refractivity contribution in [2.45, 2.75) is 6.04 Å². The number of nitriles is 1. The number of hydrogen-bond acceptors (Lipinski definition) is 4. The summed E-state index contributed by atoms with van der Waals surface area (Å²) in [4.78, 5) is 16.6. The third kappa shape index (κ3) is 3.65. The summed E-state index contributed by atoms with van der Waals surface area (Å²) < 4.78 is 13.2. The molecular weight excluding hydrogens is 369 g/mol. The van der Waals surface area contributed by atoms with E-state index < -0.39 is 6.04 Å². The van der Waals surface area contributed by atoms with Crippen molar-refractivity contribution in [3.63, 3.8) is 0 Å². The van der Waals surface area contributed by atoms with Gasteiger partial charge in [-0.25, -0.2) is 4.39 Å². The molecule has 1 heterocycles. The molecule has 3 aromatic carbocycles. The van der Waals surface area contributed by atoms with E-state index in [1.165, 1.54) is 12.1 Å². The van der Waals surface area contributed by atoms with Gasteiger partial charge in [0.05, 0.1) is 11.6 Å². The van der Waals surface area contributed by atoms with Crippen LogP contribution in [0.15, 0.2) is 60.7 Å². The molecule has 1 aliphatic heterocycles. The van der Waals surface area contributed by atoms with Crippen molar-refractivity contribution in [3.05, 3.63) is 77.6 Å². The largest absolute Gasteiger partial charge is 0.506 e. The molecule has 0 bridgehead atoms. The normalized spacial score (nSPS) is 15.8. The number of phenolic OH excluding ortho intramolecular Hbond substituents is 1. The van der Waals surface area contributed by atoms with Gasteiger partial charge in [-0.05, 0) is 29.1 Å². The molecule has 4 rings (SSSR count). The Bertz CT molecular complexity index is 1080. The predicted molar refractivity (Wildman–Crippen MR) is 108 cm³/mol. The van der Waals surface area contributed by atoms with Gasteiger partial charge < -0.3 is 10.0 Å². The van der Waals surface area contributed by atoms with Gasteiger partial charge in [0.15, 0.2) is 0 Å². The zero-order valence-corrected chi connectivity index (χ0v) is 15.8. The van der Waals surface area contributed by atoms with E-state index in [9.17, 15) is 19.6 Å². The zero-order chi connectivity index (χ0) is 20.4. The number of halogens is 1. The molecule has 0 spiro atoms. The van der Waals surface area contributed by atoms with Gasteiger partial charge in [-0.15, -0.1) is 0 Å². The maximum absolute atomic E-state index is 13.2. The second-order valence-electron chi connectivity index (χ2n) is 7.09. The zero-order valence-electron chi connectivity index (χ0n) is 15.8. The highest BCUT2D eigenvalue weighted by Gasteiger charge is 2.28. The molecule has 1 atom stereocenters. The Hall–Kier alpha value is -3.43. The lowest BCUT2D eigenvalue weighted by Gasteiger charge is -2.37. The second-order valence-corrected chi connectivity index (χ2v) is 7.09. The molecule has 6 heteroatoms. The Kier molecular flexibility index (Phi) is 5.15. The van der Waals surface area contributed by atoms with E-state index in [1.807, 2.05) is 29.2 Å². The average molecular weight is 389 g/mol. The first kappa shape index (κ1) is 18.9. The Balaban J connectivity index is 1.48. The summed E-state index contributed by atoms with van der Waals surface area (Å²) in [6.45, 7) is 1.94. The van der Waals surface area contributed by atoms with Crippen molar-refractivity contribution >= 4 is 16.7 Å². The van der Waals surface area contributed by atoms with Gasteiger partial charge in [-0.1, -0.05) is 42.5 Å².